The van der Waals surface area contributed by atoms with Gasteiger partial charge in [-0.3, -0.25) is 4.90 Å². The van der Waals surface area contributed by atoms with Gasteiger partial charge in [-0.2, -0.15) is 0 Å². The molecule has 1 saturated carbocycles. The van der Waals surface area contributed by atoms with Crippen molar-refractivity contribution in [1.29, 1.82) is 0 Å². The van der Waals surface area contributed by atoms with Crippen LogP contribution in [0.3, 0.4) is 0 Å². The molecule has 0 aromatic carbocycles. The summed E-state index contributed by atoms with van der Waals surface area (Å²) < 4.78 is 4.64. The van der Waals surface area contributed by atoms with Crippen LogP contribution in [0.4, 0.5) is 16.4 Å². The van der Waals surface area contributed by atoms with Gasteiger partial charge in [-0.25, -0.2) is 14.8 Å². The Morgan fingerprint density at radius 3 is 2.60 bits per heavy atom. The van der Waals surface area contributed by atoms with Crippen LogP contribution in [0, 0.1) is 5.92 Å². The van der Waals surface area contributed by atoms with Crippen molar-refractivity contribution in [3.8, 4) is 0 Å². The fraction of sp³-hybridized carbons (Fsp3) is 0.643. The zero-order valence-corrected chi connectivity index (χ0v) is 12.1. The maximum absolute atomic E-state index is 11.4. The highest BCUT2D eigenvalue weighted by molar-refractivity contribution is 5.86. The van der Waals surface area contributed by atoms with E-state index < -0.39 is 6.09 Å². The minimum Gasteiger partial charge on any atom is -0.452 e. The Bertz CT molecular complexity index is 429. The summed E-state index contributed by atoms with van der Waals surface area (Å²) in [6.07, 6.45) is 9.40. The van der Waals surface area contributed by atoms with Crippen molar-refractivity contribution >= 4 is 17.7 Å². The van der Waals surface area contributed by atoms with Crippen LogP contribution in [0.15, 0.2) is 12.4 Å². The van der Waals surface area contributed by atoms with Crippen LogP contribution >= 0.6 is 0 Å². The molecule has 0 atom stereocenters. The van der Waals surface area contributed by atoms with Gasteiger partial charge in [-0.05, 0) is 18.8 Å². The van der Waals surface area contributed by atoms with Gasteiger partial charge < -0.3 is 10.1 Å². The van der Waals surface area contributed by atoms with E-state index in [2.05, 4.69) is 20.0 Å². The number of aromatic nitrogens is 2. The van der Waals surface area contributed by atoms with Crippen molar-refractivity contribution in [1.82, 2.24) is 9.97 Å². The van der Waals surface area contributed by atoms with Gasteiger partial charge >= 0.3 is 6.09 Å². The minimum atomic E-state index is -0.434. The summed E-state index contributed by atoms with van der Waals surface area (Å²) in [6, 6.07) is 0. The normalized spacial score (nSPS) is 15.7. The highest BCUT2D eigenvalue weighted by Gasteiger charge is 2.14. The Kier molecular flexibility index (Phi) is 5.15. The van der Waals surface area contributed by atoms with Crippen LogP contribution in [0.1, 0.15) is 32.1 Å². The Balaban J connectivity index is 1.86. The molecule has 1 fully saturated rings. The number of carbonyl (C=O) groups excluding carboxylic acids is 1. The van der Waals surface area contributed by atoms with E-state index in [-0.39, 0.29) is 0 Å². The van der Waals surface area contributed by atoms with Crippen LogP contribution in [-0.4, -0.2) is 36.8 Å². The number of hydrogen-bond acceptors (Lipinski definition) is 5. The number of amides is 1. The molecule has 1 aliphatic rings. The zero-order valence-electron chi connectivity index (χ0n) is 12.1. The summed E-state index contributed by atoms with van der Waals surface area (Å²) in [7, 11) is 2.97. The minimum absolute atomic E-state index is 0.434. The predicted molar refractivity (Wildman–Crippen MR) is 77.9 cm³/mol. The molecule has 0 unspecified atom stereocenters. The lowest BCUT2D eigenvalue weighted by Gasteiger charge is -2.21. The van der Waals surface area contributed by atoms with E-state index >= 15 is 0 Å². The van der Waals surface area contributed by atoms with E-state index in [1.807, 2.05) is 0 Å². The average molecular weight is 278 g/mol. The molecule has 0 radical (unpaired) electrons. The van der Waals surface area contributed by atoms with Crippen LogP contribution in [0.5, 0.6) is 0 Å². The van der Waals surface area contributed by atoms with Crippen LogP contribution in [0.2, 0.25) is 0 Å². The Morgan fingerprint density at radius 1 is 1.35 bits per heavy atom. The number of hydrogen-bond donors (Lipinski definition) is 1. The van der Waals surface area contributed by atoms with Crippen LogP contribution in [0.25, 0.3) is 0 Å². The molecule has 2 rings (SSSR count). The number of nitrogens with one attached hydrogen (secondary N) is 1. The number of carbonyl (C=O) groups is 1. The van der Waals surface area contributed by atoms with Gasteiger partial charge in [0.05, 0.1) is 25.2 Å². The van der Waals surface area contributed by atoms with Gasteiger partial charge in [0.1, 0.15) is 0 Å². The molecule has 1 heterocycles. The number of methoxy groups -OCH3 is 1. The molecular weight excluding hydrogens is 256 g/mol. The highest BCUT2D eigenvalue weighted by atomic mass is 16.5. The van der Waals surface area contributed by atoms with Crippen LogP contribution < -0.4 is 10.2 Å². The van der Waals surface area contributed by atoms with E-state index in [0.717, 1.165) is 12.5 Å². The molecule has 0 spiro atoms. The Morgan fingerprint density at radius 2 is 2.00 bits per heavy atom. The van der Waals surface area contributed by atoms with Crippen molar-refractivity contribution in [3.05, 3.63) is 12.4 Å². The van der Waals surface area contributed by atoms with Crippen molar-refractivity contribution in [2.24, 2.45) is 5.92 Å². The summed E-state index contributed by atoms with van der Waals surface area (Å²) in [5.41, 5.74) is 0.611. The summed E-state index contributed by atoms with van der Waals surface area (Å²) in [4.78, 5) is 21.2. The smallest absolute Gasteiger partial charge is 0.413 e. The number of nitrogens with zero attached hydrogens (tertiary/aromatic N) is 3. The van der Waals surface area contributed by atoms with Crippen molar-refractivity contribution < 1.29 is 9.53 Å². The molecule has 1 amide bonds. The maximum atomic E-state index is 11.4. The monoisotopic (exact) mass is 278 g/mol. The highest BCUT2D eigenvalue weighted by Crippen LogP contribution is 2.23. The van der Waals surface area contributed by atoms with Crippen molar-refractivity contribution in [3.63, 3.8) is 0 Å². The zero-order chi connectivity index (χ0) is 14.4. The molecule has 6 heteroatoms. The molecular formula is C14H22N4O2. The fourth-order valence-electron chi connectivity index (χ4n) is 2.45. The lowest BCUT2D eigenvalue weighted by Crippen LogP contribution is -2.26. The van der Waals surface area contributed by atoms with Gasteiger partial charge in [0.2, 0.25) is 5.95 Å². The second-order valence-corrected chi connectivity index (χ2v) is 5.18. The first-order valence-corrected chi connectivity index (χ1v) is 7.08. The molecule has 1 aromatic heterocycles. The molecule has 1 N–H and O–H groups in total. The summed E-state index contributed by atoms with van der Waals surface area (Å²) in [5.74, 6) is 1.34. The topological polar surface area (TPSA) is 67.3 Å². The maximum Gasteiger partial charge on any atom is 0.413 e. The second kappa shape index (κ2) is 7.07. The van der Waals surface area contributed by atoms with Gasteiger partial charge in [0.25, 0.3) is 0 Å². The summed E-state index contributed by atoms with van der Waals surface area (Å²) in [6.45, 7) is 0.923. The average Bonchev–Trinajstić information content (AvgIpc) is 2.53. The molecule has 6 nitrogen and oxygen atoms in total. The quantitative estimate of drug-likeness (QED) is 0.917. The number of ether oxygens (including phenoxy) is 1. The predicted octanol–water partition coefficient (Wildman–Crippen LogP) is 2.67. The summed E-state index contributed by atoms with van der Waals surface area (Å²) in [5, 5.41) is 3.27. The third kappa shape index (κ3) is 3.82. The number of rotatable bonds is 4. The van der Waals surface area contributed by atoms with E-state index in [1.165, 1.54) is 44.1 Å². The SMILES string of the molecule is COC(=O)N(C)c1cnc(NCC2CCCCC2)nc1. The van der Waals surface area contributed by atoms with E-state index in [9.17, 15) is 4.79 Å². The molecule has 1 aromatic rings. The fourth-order valence-corrected chi connectivity index (χ4v) is 2.45. The van der Waals surface area contributed by atoms with Gasteiger partial charge in [0.15, 0.2) is 0 Å². The third-order valence-electron chi connectivity index (χ3n) is 3.75. The largest absolute Gasteiger partial charge is 0.452 e. The molecule has 110 valence electrons. The first kappa shape index (κ1) is 14.6. The van der Waals surface area contributed by atoms with Gasteiger partial charge in [-0.1, -0.05) is 19.3 Å². The molecule has 0 aliphatic heterocycles. The van der Waals surface area contributed by atoms with Crippen LogP contribution in [-0.2, 0) is 4.74 Å². The van der Waals surface area contributed by atoms with Gasteiger partial charge in [-0.15, -0.1) is 0 Å². The molecule has 0 bridgehead atoms. The Hall–Kier alpha value is -1.85. The lowest BCUT2D eigenvalue weighted by molar-refractivity contribution is 0.180. The molecule has 20 heavy (non-hydrogen) atoms. The molecule has 0 saturated heterocycles. The van der Waals surface area contributed by atoms with E-state index in [1.54, 1.807) is 19.4 Å². The van der Waals surface area contributed by atoms with E-state index in [4.69, 9.17) is 0 Å². The van der Waals surface area contributed by atoms with Gasteiger partial charge in [0, 0.05) is 13.6 Å². The van der Waals surface area contributed by atoms with Crippen molar-refractivity contribution in [2.45, 2.75) is 32.1 Å². The standard InChI is InChI=1S/C14H22N4O2/c1-18(14(19)20-2)12-9-16-13(17-10-12)15-8-11-6-4-3-5-7-11/h9-11H,3-8H2,1-2H3,(H,15,16,17). The molecule has 1 aliphatic carbocycles. The van der Waals surface area contributed by atoms with E-state index in [0.29, 0.717) is 11.6 Å². The number of anilines is 2. The Labute approximate surface area is 119 Å². The lowest BCUT2D eigenvalue weighted by atomic mass is 9.89. The summed E-state index contributed by atoms with van der Waals surface area (Å²) >= 11 is 0. The first-order valence-electron chi connectivity index (χ1n) is 7.08. The third-order valence-corrected chi connectivity index (χ3v) is 3.75. The first-order chi connectivity index (χ1) is 9.70. The van der Waals surface area contributed by atoms with Crippen molar-refractivity contribution in [2.75, 3.05) is 30.9 Å². The second-order valence-electron chi connectivity index (χ2n) is 5.18.